The molecule has 2 atom stereocenters. The minimum absolute atomic E-state index is 0.0475. The summed E-state index contributed by atoms with van der Waals surface area (Å²) in [5.74, 6) is -0.161. The molecule has 0 spiro atoms. The molecule has 0 radical (unpaired) electrons. The Balaban J connectivity index is 1.46. The number of halogens is 1. The van der Waals surface area contributed by atoms with Crippen LogP contribution in [0.15, 0.2) is 66.9 Å². The Kier molecular flexibility index (Phi) is 8.03. The zero-order chi connectivity index (χ0) is 25.5. The number of amides is 1. The lowest BCUT2D eigenvalue weighted by Crippen LogP contribution is -2.36. The van der Waals surface area contributed by atoms with E-state index in [1.807, 2.05) is 30.0 Å². The van der Waals surface area contributed by atoms with Crippen LogP contribution in [0.3, 0.4) is 0 Å². The number of carbonyl (C=O) groups excluding carboxylic acids is 2. The van der Waals surface area contributed by atoms with E-state index in [0.717, 1.165) is 24.2 Å². The van der Waals surface area contributed by atoms with Crippen LogP contribution in [-0.2, 0) is 9.59 Å². The van der Waals surface area contributed by atoms with E-state index in [9.17, 15) is 14.0 Å². The number of nitrogens with zero attached hydrogens (tertiary/aromatic N) is 3. The largest absolute Gasteiger partial charge is 0.363 e. The second-order valence-electron chi connectivity index (χ2n) is 8.99. The molecule has 1 saturated heterocycles. The first kappa shape index (κ1) is 25.0. The summed E-state index contributed by atoms with van der Waals surface area (Å²) in [5, 5.41) is 15.1. The summed E-state index contributed by atoms with van der Waals surface area (Å²) in [7, 11) is 0. The van der Waals surface area contributed by atoms with Crippen molar-refractivity contribution in [3.8, 4) is 6.07 Å². The minimum Gasteiger partial charge on any atom is -0.363 e. The van der Waals surface area contributed by atoms with E-state index in [1.165, 1.54) is 12.1 Å². The van der Waals surface area contributed by atoms with Crippen molar-refractivity contribution < 1.29 is 14.0 Å². The molecular formula is C28H28FN5O2. The zero-order valence-electron chi connectivity index (χ0n) is 20.1. The number of ketones is 1. The highest BCUT2D eigenvalue weighted by Crippen LogP contribution is 2.22. The molecule has 184 valence electrons. The Morgan fingerprint density at radius 2 is 1.97 bits per heavy atom. The molecule has 2 N–H and O–H groups in total. The second kappa shape index (κ2) is 11.6. The first-order valence-corrected chi connectivity index (χ1v) is 12.0. The molecular weight excluding hydrogens is 457 g/mol. The van der Waals surface area contributed by atoms with Crippen LogP contribution in [0, 0.1) is 17.1 Å². The van der Waals surface area contributed by atoms with E-state index < -0.39 is 11.9 Å². The average Bonchev–Trinajstić information content (AvgIpc) is 2.89. The quantitative estimate of drug-likeness (QED) is 0.493. The molecule has 1 amide bonds. The average molecular weight is 486 g/mol. The summed E-state index contributed by atoms with van der Waals surface area (Å²) in [6.45, 7) is 3.63. The predicted octanol–water partition coefficient (Wildman–Crippen LogP) is 4.33. The number of rotatable bonds is 8. The van der Waals surface area contributed by atoms with Crippen LogP contribution >= 0.6 is 0 Å². The fraction of sp³-hybridized carbons (Fsp3) is 0.286. The van der Waals surface area contributed by atoms with Crippen LogP contribution in [0.5, 0.6) is 0 Å². The smallest absolute Gasteiger partial charge is 0.247 e. The van der Waals surface area contributed by atoms with Crippen molar-refractivity contribution in [2.24, 2.45) is 0 Å². The highest BCUT2D eigenvalue weighted by molar-refractivity contribution is 5.95. The minimum atomic E-state index is -0.803. The summed E-state index contributed by atoms with van der Waals surface area (Å²) in [4.78, 5) is 31.4. The van der Waals surface area contributed by atoms with Crippen LogP contribution in [0.4, 0.5) is 15.9 Å². The Bertz CT molecular complexity index is 1250. The number of carbonyl (C=O) groups is 2. The number of benzene rings is 2. The highest BCUT2D eigenvalue weighted by Gasteiger charge is 2.23. The first-order valence-electron chi connectivity index (χ1n) is 12.0. The van der Waals surface area contributed by atoms with Crippen molar-refractivity contribution in [3.05, 3.63) is 89.4 Å². The fourth-order valence-corrected chi connectivity index (χ4v) is 4.25. The zero-order valence-corrected chi connectivity index (χ0v) is 20.1. The molecule has 36 heavy (non-hydrogen) atoms. The lowest BCUT2D eigenvalue weighted by atomic mass is 9.98. The summed E-state index contributed by atoms with van der Waals surface area (Å²) < 4.78 is 14.0. The van der Waals surface area contributed by atoms with Gasteiger partial charge in [-0.1, -0.05) is 31.2 Å². The molecule has 7 nitrogen and oxygen atoms in total. The maximum atomic E-state index is 14.0. The van der Waals surface area contributed by atoms with E-state index in [4.69, 9.17) is 5.26 Å². The van der Waals surface area contributed by atoms with Crippen LogP contribution in [0.25, 0.3) is 0 Å². The number of nitriles is 1. The fourth-order valence-electron chi connectivity index (χ4n) is 4.25. The van der Waals surface area contributed by atoms with Gasteiger partial charge in [0.05, 0.1) is 30.1 Å². The summed E-state index contributed by atoms with van der Waals surface area (Å²) in [6.07, 6.45) is 3.07. The van der Waals surface area contributed by atoms with E-state index in [0.29, 0.717) is 36.5 Å². The van der Waals surface area contributed by atoms with Gasteiger partial charge in [0.1, 0.15) is 17.7 Å². The molecule has 0 saturated carbocycles. The second-order valence-corrected chi connectivity index (χ2v) is 8.99. The molecule has 1 aliphatic rings. The molecule has 2 aromatic carbocycles. The van der Waals surface area contributed by atoms with Gasteiger partial charge in [0, 0.05) is 19.5 Å². The molecule has 1 aliphatic heterocycles. The lowest BCUT2D eigenvalue weighted by molar-refractivity contribution is -0.119. The topological polar surface area (TPSA) is 98.1 Å². The summed E-state index contributed by atoms with van der Waals surface area (Å²) in [5.41, 5.74) is 2.94. The maximum absolute atomic E-state index is 14.0. The summed E-state index contributed by atoms with van der Waals surface area (Å²) >= 11 is 0. The van der Waals surface area contributed by atoms with Crippen molar-refractivity contribution in [2.45, 2.75) is 31.7 Å². The Hall–Kier alpha value is -4.09. The number of pyridine rings is 1. The SMILES string of the molecule is CC(CNC(C(=O)Nc1ccc(N2CCCC(=O)C2)cn1)c1cccc(F)c1)c1ccc(C#N)cc1. The summed E-state index contributed by atoms with van der Waals surface area (Å²) in [6, 6.07) is 18.1. The monoisotopic (exact) mass is 485 g/mol. The molecule has 0 aliphatic carbocycles. The van der Waals surface area contributed by atoms with E-state index in [-0.39, 0.29) is 17.6 Å². The van der Waals surface area contributed by atoms with Gasteiger partial charge in [-0.3, -0.25) is 9.59 Å². The third-order valence-corrected chi connectivity index (χ3v) is 6.30. The Morgan fingerprint density at radius 1 is 1.17 bits per heavy atom. The Labute approximate surface area is 210 Å². The molecule has 2 heterocycles. The van der Waals surface area contributed by atoms with Crippen molar-refractivity contribution in [2.75, 3.05) is 29.9 Å². The number of piperidine rings is 1. The van der Waals surface area contributed by atoms with E-state index >= 15 is 0 Å². The third-order valence-electron chi connectivity index (χ3n) is 6.30. The van der Waals surface area contributed by atoms with Gasteiger partial charge in [-0.2, -0.15) is 5.26 Å². The standard InChI is InChI=1S/C28H28FN5O2/c1-19(21-9-7-20(15-30)8-10-21)16-32-27(22-4-2-5-23(29)14-22)28(36)33-26-12-11-24(17-31-26)34-13-3-6-25(35)18-34/h2,4-5,7-12,14,17,19,27,32H,3,6,13,16,18H2,1H3,(H,31,33,36). The molecule has 8 heteroatoms. The van der Waals surface area contributed by atoms with Crippen LogP contribution in [-0.4, -0.2) is 36.3 Å². The number of anilines is 2. The van der Waals surface area contributed by atoms with Gasteiger partial charge in [-0.25, -0.2) is 9.37 Å². The van der Waals surface area contributed by atoms with Crippen molar-refractivity contribution in [3.63, 3.8) is 0 Å². The van der Waals surface area contributed by atoms with Gasteiger partial charge in [0.2, 0.25) is 5.91 Å². The molecule has 2 unspecified atom stereocenters. The van der Waals surface area contributed by atoms with E-state index in [2.05, 4.69) is 21.7 Å². The normalized spacial score (nSPS) is 15.1. The number of nitrogens with one attached hydrogen (secondary N) is 2. The molecule has 0 bridgehead atoms. The Morgan fingerprint density at radius 3 is 2.64 bits per heavy atom. The van der Waals surface area contributed by atoms with Gasteiger partial charge in [-0.15, -0.1) is 0 Å². The van der Waals surface area contributed by atoms with Gasteiger partial charge in [0.25, 0.3) is 0 Å². The van der Waals surface area contributed by atoms with Crippen molar-refractivity contribution >= 4 is 23.2 Å². The number of Topliss-reactive ketones (excluding diaryl/α,β-unsaturated/α-hetero) is 1. The predicted molar refractivity (Wildman–Crippen MR) is 136 cm³/mol. The van der Waals surface area contributed by atoms with Crippen LogP contribution in [0.1, 0.15) is 48.4 Å². The van der Waals surface area contributed by atoms with Gasteiger partial charge >= 0.3 is 0 Å². The van der Waals surface area contributed by atoms with Crippen molar-refractivity contribution in [1.82, 2.24) is 10.3 Å². The maximum Gasteiger partial charge on any atom is 0.247 e. The molecule has 4 rings (SSSR count). The van der Waals surface area contributed by atoms with Gasteiger partial charge in [0.15, 0.2) is 5.78 Å². The molecule has 3 aromatic rings. The van der Waals surface area contributed by atoms with Crippen molar-refractivity contribution in [1.29, 1.82) is 5.26 Å². The lowest BCUT2D eigenvalue weighted by Gasteiger charge is -2.27. The number of aromatic nitrogens is 1. The number of hydrogen-bond acceptors (Lipinski definition) is 6. The van der Waals surface area contributed by atoms with Crippen LogP contribution < -0.4 is 15.5 Å². The van der Waals surface area contributed by atoms with Gasteiger partial charge in [-0.05, 0) is 59.9 Å². The molecule has 1 fully saturated rings. The molecule has 1 aromatic heterocycles. The van der Waals surface area contributed by atoms with Gasteiger partial charge < -0.3 is 15.5 Å². The van der Waals surface area contributed by atoms with E-state index in [1.54, 1.807) is 36.5 Å². The van der Waals surface area contributed by atoms with Crippen LogP contribution in [0.2, 0.25) is 0 Å². The highest BCUT2D eigenvalue weighted by atomic mass is 19.1. The number of hydrogen-bond donors (Lipinski definition) is 2. The first-order chi connectivity index (χ1) is 17.4. The third kappa shape index (κ3) is 6.32.